The topological polar surface area (TPSA) is 88.5 Å². The molecule has 0 fully saturated rings. The Bertz CT molecular complexity index is 628. The predicted molar refractivity (Wildman–Crippen MR) is 60.8 cm³/mol. The van der Waals surface area contributed by atoms with Crippen LogP contribution in [-0.4, -0.2) is 29.3 Å². The number of hydrogen-bond donors (Lipinski definition) is 1. The minimum absolute atomic E-state index is 0. The molecule has 1 aromatic carbocycles. The molecule has 0 aliphatic heterocycles. The summed E-state index contributed by atoms with van der Waals surface area (Å²) in [6.45, 7) is 1.07. The molecule has 92 valence electrons. The summed E-state index contributed by atoms with van der Waals surface area (Å²) in [5, 5.41) is 0. The van der Waals surface area contributed by atoms with Gasteiger partial charge in [-0.3, -0.25) is 14.1 Å². The average molecular weight is 294 g/mol. The second kappa shape index (κ2) is 5.24. The smallest absolute Gasteiger partial charge is 1.00 e. The van der Waals surface area contributed by atoms with E-state index in [0.717, 1.165) is 6.92 Å². The summed E-state index contributed by atoms with van der Waals surface area (Å²) in [5.74, 6) is -1.20. The molecule has 1 aromatic rings. The van der Waals surface area contributed by atoms with E-state index in [0.29, 0.717) is 0 Å². The minimum Gasteiger partial charge on any atom is -1.00 e. The van der Waals surface area contributed by atoms with E-state index < -0.39 is 32.9 Å². The summed E-state index contributed by atoms with van der Waals surface area (Å²) in [4.78, 5) is 23.8. The third kappa shape index (κ3) is 2.40. The van der Waals surface area contributed by atoms with Gasteiger partial charge in [0.25, 0.3) is 10.1 Å². The van der Waals surface area contributed by atoms with Crippen molar-refractivity contribution < 1.29 is 75.4 Å². The van der Waals surface area contributed by atoms with E-state index in [1.54, 1.807) is 12.1 Å². The maximum atomic E-state index is 12.0. The van der Waals surface area contributed by atoms with E-state index in [1.165, 1.54) is 12.1 Å². The van der Waals surface area contributed by atoms with Crippen molar-refractivity contribution in [3.05, 3.63) is 35.4 Å². The molecule has 0 amide bonds. The number of Topliss-reactive ketones (excluding diaryl/α,β-unsaturated/α-hetero) is 2. The second-order valence-electron chi connectivity index (χ2n) is 4.18. The van der Waals surface area contributed by atoms with Gasteiger partial charge in [-0.05, 0) is 6.92 Å². The third-order valence-electron chi connectivity index (χ3n) is 3.02. The van der Waals surface area contributed by atoms with E-state index in [9.17, 15) is 18.0 Å². The summed E-state index contributed by atoms with van der Waals surface area (Å²) in [7, 11) is -4.62. The maximum absolute atomic E-state index is 12.0. The summed E-state index contributed by atoms with van der Waals surface area (Å²) < 4.78 is 29.6. The van der Waals surface area contributed by atoms with Gasteiger partial charge in [-0.15, -0.1) is 0 Å². The number of carbonyl (C=O) groups is 2. The van der Waals surface area contributed by atoms with Crippen LogP contribution in [0.3, 0.4) is 0 Å². The Morgan fingerprint density at radius 1 is 1.22 bits per heavy atom. The summed E-state index contributed by atoms with van der Waals surface area (Å²) in [6.07, 6.45) is -0.526. The van der Waals surface area contributed by atoms with Gasteiger partial charge < -0.3 is 1.43 Å². The van der Waals surface area contributed by atoms with Gasteiger partial charge >= 0.3 is 51.4 Å². The molecule has 2 rings (SSSR count). The van der Waals surface area contributed by atoms with Gasteiger partial charge in [0, 0.05) is 17.5 Å². The average Bonchev–Trinajstić information content (AvgIpc) is 2.25. The molecular weight excluding hydrogens is 283 g/mol. The Morgan fingerprint density at radius 3 is 2.22 bits per heavy atom. The van der Waals surface area contributed by atoms with Crippen LogP contribution in [0, 0.1) is 0 Å². The monoisotopic (exact) mass is 294 g/mol. The number of carbonyl (C=O) groups excluding carboxylic acids is 2. The van der Waals surface area contributed by atoms with Crippen LogP contribution >= 0.6 is 0 Å². The van der Waals surface area contributed by atoms with Crippen molar-refractivity contribution in [1.82, 2.24) is 0 Å². The Morgan fingerprint density at radius 2 is 1.72 bits per heavy atom. The van der Waals surface area contributed by atoms with Crippen LogP contribution in [0.1, 0.15) is 35.5 Å². The van der Waals surface area contributed by atoms with E-state index in [1.807, 2.05) is 0 Å². The zero-order chi connectivity index (χ0) is 12.8. The summed E-state index contributed by atoms with van der Waals surface area (Å²) in [6, 6.07) is 6.00. The van der Waals surface area contributed by atoms with E-state index in [4.69, 9.17) is 4.55 Å². The van der Waals surface area contributed by atoms with Crippen LogP contribution < -0.4 is 51.4 Å². The molecule has 1 aliphatic carbocycles. The van der Waals surface area contributed by atoms with Gasteiger partial charge in [0.2, 0.25) is 0 Å². The zero-order valence-corrected chi connectivity index (χ0v) is 13.9. The molecule has 1 atom stereocenters. The zero-order valence-electron chi connectivity index (χ0n) is 11.0. The normalized spacial score (nSPS) is 23.2. The first-order chi connectivity index (χ1) is 7.77. The molecule has 0 saturated carbocycles. The molecular formula is C11H11KO5S. The second-order valence-corrected chi connectivity index (χ2v) is 6.03. The first-order valence-electron chi connectivity index (χ1n) is 4.91. The molecule has 0 heterocycles. The molecule has 0 aromatic heterocycles. The van der Waals surface area contributed by atoms with Gasteiger partial charge in [-0.2, -0.15) is 8.42 Å². The fraction of sp³-hybridized carbons (Fsp3) is 0.273. The van der Waals surface area contributed by atoms with Crippen LogP contribution in [0.2, 0.25) is 0 Å². The minimum atomic E-state index is -4.62. The number of benzene rings is 1. The van der Waals surface area contributed by atoms with Crippen molar-refractivity contribution in [3.8, 4) is 0 Å². The van der Waals surface area contributed by atoms with E-state index >= 15 is 0 Å². The molecule has 18 heavy (non-hydrogen) atoms. The van der Waals surface area contributed by atoms with Gasteiger partial charge in [0.05, 0.1) is 0 Å². The fourth-order valence-corrected chi connectivity index (χ4v) is 2.56. The van der Waals surface area contributed by atoms with Gasteiger partial charge in [0.1, 0.15) is 0 Å². The van der Waals surface area contributed by atoms with Crippen LogP contribution in [0.25, 0.3) is 0 Å². The van der Waals surface area contributed by atoms with Crippen molar-refractivity contribution in [2.45, 2.75) is 18.1 Å². The first-order valence-corrected chi connectivity index (χ1v) is 6.35. The van der Waals surface area contributed by atoms with Crippen LogP contribution in [0.5, 0.6) is 0 Å². The first kappa shape index (κ1) is 16.2. The molecule has 5 nitrogen and oxygen atoms in total. The number of hydrogen-bond acceptors (Lipinski definition) is 4. The molecule has 0 radical (unpaired) electrons. The fourth-order valence-electron chi connectivity index (χ4n) is 1.90. The Labute approximate surface area is 149 Å². The number of rotatable bonds is 1. The van der Waals surface area contributed by atoms with E-state index in [-0.39, 0.29) is 63.9 Å². The SMILES string of the molecule is CC1(S(=O)(=O)O)CC(=O)c2ccccc2C1=O.[H-].[K+]. The molecule has 0 spiro atoms. The van der Waals surface area contributed by atoms with Crippen molar-refractivity contribution in [2.75, 3.05) is 0 Å². The van der Waals surface area contributed by atoms with Crippen molar-refractivity contribution in [1.29, 1.82) is 0 Å². The van der Waals surface area contributed by atoms with Crippen LogP contribution in [-0.2, 0) is 10.1 Å². The molecule has 1 aliphatic rings. The van der Waals surface area contributed by atoms with Crippen LogP contribution in [0.4, 0.5) is 0 Å². The molecule has 0 saturated heterocycles. The van der Waals surface area contributed by atoms with E-state index in [2.05, 4.69) is 0 Å². The van der Waals surface area contributed by atoms with Gasteiger partial charge in [-0.1, -0.05) is 24.3 Å². The standard InChI is InChI=1S/C11H10O5S.K.H/c1-11(17(14,15)16)6-9(12)7-4-2-3-5-8(7)10(11)13;;/h2-5H,6H2,1H3,(H,14,15,16);;/q;+1;-1. The molecule has 1 N–H and O–H groups in total. The number of fused-ring (bicyclic) bond motifs is 1. The van der Waals surface area contributed by atoms with Crippen molar-refractivity contribution >= 4 is 21.7 Å². The van der Waals surface area contributed by atoms with Gasteiger partial charge in [-0.25, -0.2) is 0 Å². The van der Waals surface area contributed by atoms with Gasteiger partial charge in [0.15, 0.2) is 16.3 Å². The third-order valence-corrected chi connectivity index (χ3v) is 4.49. The number of ketones is 2. The Kier molecular flexibility index (Phi) is 4.70. The molecule has 7 heteroatoms. The summed E-state index contributed by atoms with van der Waals surface area (Å²) >= 11 is 0. The quantitative estimate of drug-likeness (QED) is 0.488. The van der Waals surface area contributed by atoms with Crippen molar-refractivity contribution in [2.24, 2.45) is 0 Å². The summed E-state index contributed by atoms with van der Waals surface area (Å²) in [5.41, 5.74) is 0.252. The molecule has 1 unspecified atom stereocenters. The van der Waals surface area contributed by atoms with Crippen molar-refractivity contribution in [3.63, 3.8) is 0 Å². The Balaban J connectivity index is 0.00000162. The predicted octanol–water partition coefficient (Wildman–Crippen LogP) is -1.78. The Hall–Kier alpha value is 0.106. The maximum Gasteiger partial charge on any atom is 1.00 e. The molecule has 0 bridgehead atoms. The van der Waals surface area contributed by atoms with Crippen LogP contribution in [0.15, 0.2) is 24.3 Å². The largest absolute Gasteiger partial charge is 1.00 e.